The molecule has 0 radical (unpaired) electrons. The fourth-order valence-electron chi connectivity index (χ4n) is 4.18. The van der Waals surface area contributed by atoms with E-state index >= 15 is 0 Å². The van der Waals surface area contributed by atoms with Crippen LogP contribution in [0.1, 0.15) is 31.1 Å². The molecule has 0 aliphatic carbocycles. The second-order valence-electron chi connectivity index (χ2n) is 8.14. The number of tetrazole rings is 1. The van der Waals surface area contributed by atoms with Gasteiger partial charge < -0.3 is 11.1 Å². The van der Waals surface area contributed by atoms with Crippen molar-refractivity contribution in [2.45, 2.75) is 19.9 Å². The monoisotopic (exact) mass is 477 g/mol. The van der Waals surface area contributed by atoms with Crippen molar-refractivity contribution >= 4 is 22.4 Å². The van der Waals surface area contributed by atoms with E-state index < -0.39 is 0 Å². The van der Waals surface area contributed by atoms with Gasteiger partial charge in [-0.1, -0.05) is 36.3 Å². The van der Waals surface area contributed by atoms with Crippen LogP contribution in [0, 0.1) is 11.8 Å². The standard InChI is InChI=1S/C26H23N9O/c1-4-9-17-10-8-11-18-14-20(35(26(36)21(17)18)19-12-6-5-7-13-19)16(2)30-24-22(23(27)28-15-29-24)25-31-33-34(3)32-25/h5-8,10-16H,1-3H3,(H3,27,28,29,30). The number of hydrogen-bond donors (Lipinski definition) is 2. The molecule has 3 N–H and O–H groups in total. The van der Waals surface area contributed by atoms with Gasteiger partial charge in [-0.05, 0) is 48.7 Å². The summed E-state index contributed by atoms with van der Waals surface area (Å²) in [6.07, 6.45) is 1.37. The van der Waals surface area contributed by atoms with Crippen LogP contribution in [-0.4, -0.2) is 34.7 Å². The SMILES string of the molecule is CC#Cc1cccc2cc(C(C)Nc3ncnc(N)c3-c3nnn(C)n3)n(-c3ccccc3)c(=O)c12. The fraction of sp³-hybridized carbons (Fsp3) is 0.154. The quantitative estimate of drug-likeness (QED) is 0.370. The lowest BCUT2D eigenvalue weighted by Crippen LogP contribution is -2.26. The molecular weight excluding hydrogens is 454 g/mol. The topological polar surface area (TPSA) is 129 Å². The number of nitrogens with two attached hydrogens (primary N) is 1. The molecule has 0 saturated heterocycles. The molecule has 36 heavy (non-hydrogen) atoms. The van der Waals surface area contributed by atoms with Crippen molar-refractivity contribution in [2.24, 2.45) is 7.05 Å². The molecule has 0 amide bonds. The number of anilines is 2. The average molecular weight is 478 g/mol. The minimum absolute atomic E-state index is 0.154. The third-order valence-corrected chi connectivity index (χ3v) is 5.75. The fourth-order valence-corrected chi connectivity index (χ4v) is 4.18. The molecule has 0 saturated carbocycles. The van der Waals surface area contributed by atoms with Crippen LogP contribution in [0.3, 0.4) is 0 Å². The van der Waals surface area contributed by atoms with Crippen molar-refractivity contribution in [2.75, 3.05) is 11.1 Å². The highest BCUT2D eigenvalue weighted by Crippen LogP contribution is 2.31. The molecule has 0 aliphatic rings. The summed E-state index contributed by atoms with van der Waals surface area (Å²) < 4.78 is 1.70. The summed E-state index contributed by atoms with van der Waals surface area (Å²) in [5.74, 6) is 6.91. The third-order valence-electron chi connectivity index (χ3n) is 5.75. The Balaban J connectivity index is 1.70. The highest BCUT2D eigenvalue weighted by atomic mass is 16.1. The number of aromatic nitrogens is 7. The van der Waals surface area contributed by atoms with Crippen LogP contribution in [0.4, 0.5) is 11.6 Å². The van der Waals surface area contributed by atoms with Gasteiger partial charge in [0.2, 0.25) is 5.82 Å². The van der Waals surface area contributed by atoms with E-state index in [1.54, 1.807) is 18.5 Å². The Morgan fingerprint density at radius 3 is 2.61 bits per heavy atom. The average Bonchev–Trinajstić information content (AvgIpc) is 3.30. The lowest BCUT2D eigenvalue weighted by molar-refractivity contribution is 0.630. The van der Waals surface area contributed by atoms with Gasteiger partial charge in [-0.2, -0.15) is 4.80 Å². The number of nitrogen functional groups attached to an aromatic ring is 1. The Hall–Kier alpha value is -5.04. The molecule has 1 unspecified atom stereocenters. The van der Waals surface area contributed by atoms with Crippen LogP contribution in [0.25, 0.3) is 27.8 Å². The minimum atomic E-state index is -0.368. The van der Waals surface area contributed by atoms with E-state index in [2.05, 4.69) is 42.5 Å². The maximum Gasteiger partial charge on any atom is 0.264 e. The molecular formula is C26H23N9O. The van der Waals surface area contributed by atoms with E-state index in [1.807, 2.05) is 61.5 Å². The summed E-state index contributed by atoms with van der Waals surface area (Å²) >= 11 is 0. The number of hydrogen-bond acceptors (Lipinski definition) is 8. The molecule has 2 aromatic carbocycles. The minimum Gasteiger partial charge on any atom is -0.383 e. The number of nitrogens with one attached hydrogen (secondary N) is 1. The third kappa shape index (κ3) is 4.03. The van der Waals surface area contributed by atoms with Crippen LogP contribution in [0.5, 0.6) is 0 Å². The smallest absolute Gasteiger partial charge is 0.264 e. The van der Waals surface area contributed by atoms with Gasteiger partial charge in [0.1, 0.15) is 23.5 Å². The summed E-state index contributed by atoms with van der Waals surface area (Å²) in [5.41, 5.74) is 8.61. The first kappa shape index (κ1) is 22.7. The molecule has 0 spiro atoms. The van der Waals surface area contributed by atoms with Gasteiger partial charge in [-0.25, -0.2) is 9.97 Å². The molecule has 3 aromatic heterocycles. The van der Waals surface area contributed by atoms with E-state index in [0.717, 1.165) is 16.8 Å². The molecule has 10 nitrogen and oxygen atoms in total. The van der Waals surface area contributed by atoms with E-state index in [9.17, 15) is 4.79 Å². The van der Waals surface area contributed by atoms with Crippen LogP contribution >= 0.6 is 0 Å². The normalized spacial score (nSPS) is 11.6. The van der Waals surface area contributed by atoms with Crippen molar-refractivity contribution in [3.05, 3.63) is 82.5 Å². The van der Waals surface area contributed by atoms with Crippen molar-refractivity contribution < 1.29 is 0 Å². The molecule has 10 heteroatoms. The zero-order chi connectivity index (χ0) is 25.2. The zero-order valence-corrected chi connectivity index (χ0v) is 20.0. The van der Waals surface area contributed by atoms with E-state index in [4.69, 9.17) is 5.73 Å². The highest BCUT2D eigenvalue weighted by molar-refractivity contribution is 5.88. The number of benzene rings is 2. The number of pyridine rings is 1. The summed E-state index contributed by atoms with van der Waals surface area (Å²) in [7, 11) is 1.66. The lowest BCUT2D eigenvalue weighted by Gasteiger charge is -2.22. The predicted molar refractivity (Wildman–Crippen MR) is 138 cm³/mol. The molecule has 1 atom stereocenters. The van der Waals surface area contributed by atoms with Gasteiger partial charge in [0.15, 0.2) is 0 Å². The molecule has 178 valence electrons. The molecule has 5 aromatic rings. The van der Waals surface area contributed by atoms with E-state index in [1.165, 1.54) is 11.1 Å². The van der Waals surface area contributed by atoms with Gasteiger partial charge in [0, 0.05) is 16.9 Å². The predicted octanol–water partition coefficient (Wildman–Crippen LogP) is 3.10. The molecule has 0 fully saturated rings. The van der Waals surface area contributed by atoms with Crippen LogP contribution < -0.4 is 16.6 Å². The van der Waals surface area contributed by atoms with E-state index in [0.29, 0.717) is 28.2 Å². The Bertz CT molecular complexity index is 1690. The van der Waals surface area contributed by atoms with Gasteiger partial charge in [0.05, 0.1) is 18.5 Å². The highest BCUT2D eigenvalue weighted by Gasteiger charge is 2.22. The Labute approximate surface area is 206 Å². The Kier molecular flexibility index (Phi) is 5.88. The number of aryl methyl sites for hydroxylation is 1. The molecule has 3 heterocycles. The summed E-state index contributed by atoms with van der Waals surface area (Å²) in [6.45, 7) is 3.70. The summed E-state index contributed by atoms with van der Waals surface area (Å²) in [6, 6.07) is 16.8. The molecule has 0 aliphatic heterocycles. The van der Waals surface area contributed by atoms with Gasteiger partial charge in [0.25, 0.3) is 5.56 Å². The maximum absolute atomic E-state index is 13.9. The zero-order valence-electron chi connectivity index (χ0n) is 20.0. The van der Waals surface area contributed by atoms with Gasteiger partial charge in [-0.15, -0.1) is 16.1 Å². The van der Waals surface area contributed by atoms with Crippen LogP contribution in [-0.2, 0) is 7.05 Å². The first-order valence-electron chi connectivity index (χ1n) is 11.3. The van der Waals surface area contributed by atoms with Crippen molar-refractivity contribution in [1.29, 1.82) is 0 Å². The molecule has 5 rings (SSSR count). The van der Waals surface area contributed by atoms with Crippen molar-refractivity contribution in [1.82, 2.24) is 34.7 Å². The van der Waals surface area contributed by atoms with Gasteiger partial charge in [-0.3, -0.25) is 9.36 Å². The van der Waals surface area contributed by atoms with Gasteiger partial charge >= 0.3 is 0 Å². The first-order valence-corrected chi connectivity index (χ1v) is 11.3. The Morgan fingerprint density at radius 2 is 1.89 bits per heavy atom. The van der Waals surface area contributed by atoms with Crippen molar-refractivity contribution in [3.63, 3.8) is 0 Å². The lowest BCUT2D eigenvalue weighted by atomic mass is 10.0. The molecule has 0 bridgehead atoms. The largest absolute Gasteiger partial charge is 0.383 e. The summed E-state index contributed by atoms with van der Waals surface area (Å²) in [5, 5.41) is 17.0. The first-order chi connectivity index (χ1) is 17.5. The van der Waals surface area contributed by atoms with Crippen LogP contribution in [0.2, 0.25) is 0 Å². The second kappa shape index (κ2) is 9.31. The Morgan fingerprint density at radius 1 is 1.08 bits per heavy atom. The maximum atomic E-state index is 13.9. The number of rotatable bonds is 5. The number of fused-ring (bicyclic) bond motifs is 1. The van der Waals surface area contributed by atoms with Crippen molar-refractivity contribution in [3.8, 4) is 28.9 Å². The van der Waals surface area contributed by atoms with E-state index in [-0.39, 0.29) is 17.4 Å². The summed E-state index contributed by atoms with van der Waals surface area (Å²) in [4.78, 5) is 23.8. The number of para-hydroxylation sites is 1. The second-order valence-corrected chi connectivity index (χ2v) is 8.14. The number of nitrogens with zero attached hydrogens (tertiary/aromatic N) is 7. The van der Waals surface area contributed by atoms with Crippen LogP contribution in [0.15, 0.2) is 65.7 Å².